The molecule has 0 aliphatic carbocycles. The second kappa shape index (κ2) is 8.22. The number of sulfonamides is 1. The van der Waals surface area contributed by atoms with Crippen LogP contribution in [-0.2, 0) is 27.8 Å². The molecule has 1 saturated heterocycles. The van der Waals surface area contributed by atoms with Crippen LogP contribution in [0.5, 0.6) is 0 Å². The average Bonchev–Trinajstić information content (AvgIpc) is 2.74. The quantitative estimate of drug-likeness (QED) is 0.764. The van der Waals surface area contributed by atoms with Crippen LogP contribution in [0.15, 0.2) is 47.6 Å². The Balaban J connectivity index is 1.46. The van der Waals surface area contributed by atoms with E-state index in [1.165, 1.54) is 5.56 Å². The van der Waals surface area contributed by atoms with E-state index in [9.17, 15) is 13.2 Å². The molecule has 0 unspecified atom stereocenters. The molecule has 1 aromatic heterocycles. The zero-order chi connectivity index (χ0) is 20.4. The highest BCUT2D eigenvalue weighted by molar-refractivity contribution is 7.89. The monoisotopic (exact) mass is 414 g/mol. The van der Waals surface area contributed by atoms with Crippen molar-refractivity contribution in [1.82, 2.24) is 14.2 Å². The van der Waals surface area contributed by atoms with Crippen LogP contribution in [0, 0.1) is 0 Å². The van der Waals surface area contributed by atoms with Gasteiger partial charge in [-0.1, -0.05) is 0 Å². The molecule has 29 heavy (non-hydrogen) atoms. The molecule has 0 spiro atoms. The van der Waals surface area contributed by atoms with E-state index in [4.69, 9.17) is 0 Å². The highest BCUT2D eigenvalue weighted by Gasteiger charge is 2.30. The van der Waals surface area contributed by atoms with Gasteiger partial charge in [-0.3, -0.25) is 14.7 Å². The van der Waals surface area contributed by atoms with Crippen molar-refractivity contribution >= 4 is 21.6 Å². The maximum Gasteiger partial charge on any atom is 0.243 e. The van der Waals surface area contributed by atoms with Crippen LogP contribution >= 0.6 is 0 Å². The maximum absolute atomic E-state index is 13.2. The van der Waals surface area contributed by atoms with E-state index in [2.05, 4.69) is 9.88 Å². The summed E-state index contributed by atoms with van der Waals surface area (Å²) in [5, 5.41) is 0. The van der Waals surface area contributed by atoms with Gasteiger partial charge >= 0.3 is 0 Å². The van der Waals surface area contributed by atoms with Crippen LogP contribution < -0.4 is 4.90 Å². The first kappa shape index (κ1) is 20.0. The van der Waals surface area contributed by atoms with Crippen LogP contribution in [0.25, 0.3) is 0 Å². The fraction of sp³-hybridized carbons (Fsp3) is 0.429. The molecule has 0 atom stereocenters. The van der Waals surface area contributed by atoms with Crippen LogP contribution in [-0.4, -0.2) is 61.2 Å². The molecule has 0 radical (unpaired) electrons. The Kier molecular flexibility index (Phi) is 5.67. The summed E-state index contributed by atoms with van der Waals surface area (Å²) in [5.74, 6) is -0.00752. The number of hydrogen-bond acceptors (Lipinski definition) is 5. The number of piperazine rings is 1. The summed E-state index contributed by atoms with van der Waals surface area (Å²) in [5.41, 5.74) is 2.95. The number of aromatic nitrogens is 1. The summed E-state index contributed by atoms with van der Waals surface area (Å²) in [7, 11) is -3.54. The van der Waals surface area contributed by atoms with Crippen LogP contribution in [0.4, 0.5) is 5.69 Å². The largest absolute Gasteiger partial charge is 0.312 e. The number of hydrogen-bond donors (Lipinski definition) is 0. The first-order chi connectivity index (χ1) is 13.9. The molecule has 8 heteroatoms. The molecular formula is C21H26N4O3S. The van der Waals surface area contributed by atoms with Gasteiger partial charge in [0.1, 0.15) is 0 Å². The van der Waals surface area contributed by atoms with Crippen molar-refractivity contribution in [3.8, 4) is 0 Å². The Morgan fingerprint density at radius 3 is 2.45 bits per heavy atom. The molecular weight excluding hydrogens is 388 g/mol. The summed E-state index contributed by atoms with van der Waals surface area (Å²) in [6, 6.07) is 9.14. The first-order valence-electron chi connectivity index (χ1n) is 9.97. The van der Waals surface area contributed by atoms with Gasteiger partial charge < -0.3 is 4.90 Å². The van der Waals surface area contributed by atoms with Gasteiger partial charge in [0.15, 0.2) is 0 Å². The van der Waals surface area contributed by atoms with Gasteiger partial charge in [-0.15, -0.1) is 0 Å². The van der Waals surface area contributed by atoms with Crippen LogP contribution in [0.3, 0.4) is 0 Å². The van der Waals surface area contributed by atoms with E-state index in [0.29, 0.717) is 37.6 Å². The van der Waals surface area contributed by atoms with Crippen molar-refractivity contribution in [1.29, 1.82) is 0 Å². The van der Waals surface area contributed by atoms with Crippen molar-refractivity contribution in [3.05, 3.63) is 53.9 Å². The number of carbonyl (C=O) groups excluding carboxylic acids is 1. The van der Waals surface area contributed by atoms with E-state index in [1.807, 2.05) is 12.1 Å². The van der Waals surface area contributed by atoms with Crippen molar-refractivity contribution in [2.45, 2.75) is 31.2 Å². The minimum atomic E-state index is -3.54. The van der Waals surface area contributed by atoms with E-state index in [-0.39, 0.29) is 5.91 Å². The number of nitrogens with zero attached hydrogens (tertiary/aromatic N) is 4. The number of benzene rings is 1. The lowest BCUT2D eigenvalue weighted by Gasteiger charge is -2.34. The Labute approximate surface area is 172 Å². The zero-order valence-electron chi connectivity index (χ0n) is 16.6. The lowest BCUT2D eigenvalue weighted by atomic mass is 10.0. The summed E-state index contributed by atoms with van der Waals surface area (Å²) in [6.45, 7) is 5.39. The molecule has 1 aromatic carbocycles. The van der Waals surface area contributed by atoms with Gasteiger partial charge in [0, 0.05) is 64.3 Å². The number of anilines is 1. The highest BCUT2D eigenvalue weighted by atomic mass is 32.2. The van der Waals surface area contributed by atoms with Gasteiger partial charge in [0.2, 0.25) is 15.9 Å². The van der Waals surface area contributed by atoms with Crippen molar-refractivity contribution in [2.24, 2.45) is 0 Å². The van der Waals surface area contributed by atoms with Gasteiger partial charge in [0.05, 0.1) is 4.90 Å². The minimum absolute atomic E-state index is 0.00752. The second-order valence-corrected chi connectivity index (χ2v) is 9.54. The third kappa shape index (κ3) is 4.19. The van der Waals surface area contributed by atoms with Crippen LogP contribution in [0.2, 0.25) is 0 Å². The molecule has 0 N–H and O–H groups in total. The Hall–Kier alpha value is -2.29. The number of rotatable bonds is 4. The second-order valence-electron chi connectivity index (χ2n) is 7.60. The van der Waals surface area contributed by atoms with E-state index < -0.39 is 10.0 Å². The van der Waals surface area contributed by atoms with Gasteiger partial charge in [-0.25, -0.2) is 8.42 Å². The fourth-order valence-electron chi connectivity index (χ4n) is 4.08. The molecule has 0 bridgehead atoms. The molecule has 4 rings (SSSR count). The number of pyridine rings is 1. The summed E-state index contributed by atoms with van der Waals surface area (Å²) in [4.78, 5) is 20.2. The average molecular weight is 415 g/mol. The highest BCUT2D eigenvalue weighted by Crippen LogP contribution is 2.30. The SMILES string of the molecule is CC(=O)N1CCCc2cc(S(=O)(=O)N3CCN(Cc4ccncc4)CC3)ccc21. The summed E-state index contributed by atoms with van der Waals surface area (Å²) < 4.78 is 27.9. The van der Waals surface area contributed by atoms with Crippen molar-refractivity contribution in [2.75, 3.05) is 37.6 Å². The Morgan fingerprint density at radius 2 is 1.76 bits per heavy atom. The predicted octanol–water partition coefficient (Wildman–Crippen LogP) is 1.89. The third-order valence-electron chi connectivity index (χ3n) is 5.67. The normalized spacial score (nSPS) is 18.4. The maximum atomic E-state index is 13.2. The fourth-order valence-corrected chi connectivity index (χ4v) is 5.56. The third-order valence-corrected chi connectivity index (χ3v) is 7.57. The molecule has 1 fully saturated rings. The molecule has 0 saturated carbocycles. The van der Waals surface area contributed by atoms with Gasteiger partial charge in [0.25, 0.3) is 0 Å². The van der Waals surface area contributed by atoms with Crippen LogP contribution in [0.1, 0.15) is 24.5 Å². The molecule has 2 aliphatic heterocycles. The lowest BCUT2D eigenvalue weighted by Crippen LogP contribution is -2.48. The standard InChI is InChI=1S/C21H26N4O3S/c1-17(26)25-10-2-3-19-15-20(4-5-21(19)25)29(27,28)24-13-11-23(12-14-24)16-18-6-8-22-9-7-18/h4-9,15H,2-3,10-14,16H2,1H3. The summed E-state index contributed by atoms with van der Waals surface area (Å²) >= 11 is 0. The van der Waals surface area contributed by atoms with Gasteiger partial charge in [-0.05, 0) is 54.3 Å². The summed E-state index contributed by atoms with van der Waals surface area (Å²) in [6.07, 6.45) is 5.20. The lowest BCUT2D eigenvalue weighted by molar-refractivity contribution is -0.116. The molecule has 1 amide bonds. The number of fused-ring (bicyclic) bond motifs is 1. The van der Waals surface area contributed by atoms with E-state index in [1.54, 1.807) is 46.7 Å². The number of aryl methyl sites for hydroxylation is 1. The molecule has 7 nitrogen and oxygen atoms in total. The predicted molar refractivity (Wildman–Crippen MR) is 111 cm³/mol. The van der Waals surface area contributed by atoms with Crippen molar-refractivity contribution < 1.29 is 13.2 Å². The van der Waals surface area contributed by atoms with Crippen molar-refractivity contribution in [3.63, 3.8) is 0 Å². The molecule has 2 aliphatic rings. The molecule has 2 aromatic rings. The Bertz CT molecular complexity index is 986. The number of carbonyl (C=O) groups is 1. The smallest absolute Gasteiger partial charge is 0.243 e. The number of amides is 1. The Morgan fingerprint density at radius 1 is 1.03 bits per heavy atom. The van der Waals surface area contributed by atoms with E-state index in [0.717, 1.165) is 30.6 Å². The van der Waals surface area contributed by atoms with Gasteiger partial charge in [-0.2, -0.15) is 4.31 Å². The molecule has 154 valence electrons. The molecule has 3 heterocycles. The zero-order valence-corrected chi connectivity index (χ0v) is 17.4. The minimum Gasteiger partial charge on any atom is -0.312 e. The topological polar surface area (TPSA) is 73.8 Å². The van der Waals surface area contributed by atoms with E-state index >= 15 is 0 Å². The first-order valence-corrected chi connectivity index (χ1v) is 11.4.